The Morgan fingerprint density at radius 1 is 1.36 bits per heavy atom. The standard InChI is InChI=1S/C7H10N.Cl2I/c1-7-5-3-4-6-8(7)2;1-3-2/h3-6H,1-2H3;/q+1;-1. The van der Waals surface area contributed by atoms with Crippen molar-refractivity contribution in [2.45, 2.75) is 6.92 Å². The molecule has 0 aliphatic carbocycles. The SMILES string of the molecule is Cc1cccc[n+]1C.Cl[I-]Cl. The summed E-state index contributed by atoms with van der Waals surface area (Å²) in [6.45, 7) is 2.08. The van der Waals surface area contributed by atoms with E-state index in [1.807, 2.05) is 25.4 Å². The molecule has 0 bridgehead atoms. The molecule has 0 N–H and O–H groups in total. The number of nitrogens with zero attached hydrogens (tertiary/aromatic N) is 1. The Bertz CT molecular complexity index is 184. The van der Waals surface area contributed by atoms with Crippen molar-refractivity contribution in [3.05, 3.63) is 30.1 Å². The topological polar surface area (TPSA) is 3.88 Å². The van der Waals surface area contributed by atoms with E-state index >= 15 is 0 Å². The first-order valence-corrected chi connectivity index (χ1v) is 8.47. The predicted molar refractivity (Wildman–Crippen MR) is 44.1 cm³/mol. The van der Waals surface area contributed by atoms with Crippen molar-refractivity contribution in [3.8, 4) is 0 Å². The molecule has 1 heterocycles. The van der Waals surface area contributed by atoms with Crippen LogP contribution in [0.4, 0.5) is 0 Å². The first-order chi connectivity index (χ1) is 5.22. The third-order valence-electron chi connectivity index (χ3n) is 1.31. The van der Waals surface area contributed by atoms with Gasteiger partial charge >= 0.3 is 36.8 Å². The van der Waals surface area contributed by atoms with E-state index in [1.54, 1.807) is 0 Å². The van der Waals surface area contributed by atoms with E-state index in [1.165, 1.54) is 5.69 Å². The average molecular weight is 306 g/mol. The van der Waals surface area contributed by atoms with E-state index in [0.717, 1.165) is 0 Å². The molecule has 0 atom stereocenters. The predicted octanol–water partition coefficient (Wildman–Crippen LogP) is -0.797. The van der Waals surface area contributed by atoms with Gasteiger partial charge in [-0.3, -0.25) is 0 Å². The summed E-state index contributed by atoms with van der Waals surface area (Å²) in [5.41, 5.74) is 1.28. The van der Waals surface area contributed by atoms with E-state index in [2.05, 4.69) is 17.6 Å². The summed E-state index contributed by atoms with van der Waals surface area (Å²) < 4.78 is 2.08. The fourth-order valence-corrected chi connectivity index (χ4v) is 0.609. The van der Waals surface area contributed by atoms with Gasteiger partial charge in [-0.25, -0.2) is 4.57 Å². The molecule has 0 radical (unpaired) electrons. The molecule has 0 aliphatic heterocycles. The normalized spacial score (nSPS) is 8.73. The number of aromatic nitrogens is 1. The maximum absolute atomic E-state index is 4.87. The first-order valence-electron chi connectivity index (χ1n) is 3.00. The fourth-order valence-electron chi connectivity index (χ4n) is 0.609. The van der Waals surface area contributed by atoms with Crippen LogP contribution >= 0.6 is 17.8 Å². The van der Waals surface area contributed by atoms with Crippen LogP contribution in [0.5, 0.6) is 0 Å². The second-order valence-corrected chi connectivity index (χ2v) is 5.21. The Labute approximate surface area is 85.0 Å². The summed E-state index contributed by atoms with van der Waals surface area (Å²) in [4.78, 5) is 0. The molecule has 0 aromatic carbocycles. The maximum atomic E-state index is 4.87. The number of pyridine rings is 1. The van der Waals surface area contributed by atoms with Gasteiger partial charge in [0.15, 0.2) is 11.9 Å². The van der Waals surface area contributed by atoms with Gasteiger partial charge in [0.25, 0.3) is 0 Å². The molecule has 11 heavy (non-hydrogen) atoms. The molecule has 0 saturated heterocycles. The summed E-state index contributed by atoms with van der Waals surface area (Å²) in [6, 6.07) is 6.14. The summed E-state index contributed by atoms with van der Waals surface area (Å²) in [7, 11) is 11.8. The second kappa shape index (κ2) is 7.13. The molecular weight excluding hydrogens is 296 g/mol. The molecule has 0 unspecified atom stereocenters. The molecule has 1 nitrogen and oxygen atoms in total. The second-order valence-electron chi connectivity index (χ2n) is 2.01. The zero-order valence-electron chi connectivity index (χ0n) is 6.39. The number of hydrogen-bond acceptors (Lipinski definition) is 0. The summed E-state index contributed by atoms with van der Waals surface area (Å²) >= 11 is -0.466. The van der Waals surface area contributed by atoms with Gasteiger partial charge < -0.3 is 0 Å². The van der Waals surface area contributed by atoms with Crippen molar-refractivity contribution in [1.29, 1.82) is 0 Å². The van der Waals surface area contributed by atoms with Gasteiger partial charge in [-0.2, -0.15) is 0 Å². The number of aryl methyl sites for hydroxylation is 2. The van der Waals surface area contributed by atoms with Gasteiger partial charge in [0.2, 0.25) is 0 Å². The monoisotopic (exact) mass is 305 g/mol. The minimum atomic E-state index is -0.466. The molecule has 0 aliphatic rings. The van der Waals surface area contributed by atoms with Crippen LogP contribution in [0.25, 0.3) is 0 Å². The zero-order valence-corrected chi connectivity index (χ0v) is 10.1. The van der Waals surface area contributed by atoms with Gasteiger partial charge in [0, 0.05) is 19.1 Å². The summed E-state index contributed by atoms with van der Waals surface area (Å²) in [6.07, 6.45) is 2.04. The molecule has 1 rings (SSSR count). The van der Waals surface area contributed by atoms with Gasteiger partial charge in [-0.15, -0.1) is 0 Å². The third-order valence-corrected chi connectivity index (χ3v) is 1.31. The molecule has 1 aromatic heterocycles. The minimum absolute atomic E-state index is 0.466. The Morgan fingerprint density at radius 3 is 2.18 bits per heavy atom. The van der Waals surface area contributed by atoms with Crippen molar-refractivity contribution >= 4 is 17.8 Å². The number of hydrogen-bond donors (Lipinski definition) is 0. The Kier molecular flexibility index (Phi) is 7.43. The van der Waals surface area contributed by atoms with Crippen LogP contribution in [0.3, 0.4) is 0 Å². The van der Waals surface area contributed by atoms with Gasteiger partial charge in [-0.1, -0.05) is 6.07 Å². The van der Waals surface area contributed by atoms with Crippen LogP contribution in [0, 0.1) is 6.92 Å². The van der Waals surface area contributed by atoms with Crippen molar-refractivity contribution in [2.24, 2.45) is 7.05 Å². The Balaban J connectivity index is 0.000000292. The molecule has 0 saturated carbocycles. The van der Waals surface area contributed by atoms with Crippen LogP contribution in [0.2, 0.25) is 0 Å². The molecule has 0 fully saturated rings. The van der Waals surface area contributed by atoms with Crippen LogP contribution < -0.4 is 23.5 Å². The van der Waals surface area contributed by atoms with Crippen molar-refractivity contribution in [2.75, 3.05) is 0 Å². The summed E-state index contributed by atoms with van der Waals surface area (Å²) in [5.74, 6) is 0. The van der Waals surface area contributed by atoms with E-state index < -0.39 is 18.9 Å². The Morgan fingerprint density at radius 2 is 1.91 bits per heavy atom. The van der Waals surface area contributed by atoms with Crippen LogP contribution in [-0.4, -0.2) is 0 Å². The first kappa shape index (κ1) is 11.5. The van der Waals surface area contributed by atoms with Gasteiger partial charge in [0.05, 0.1) is 0 Å². The van der Waals surface area contributed by atoms with E-state index in [9.17, 15) is 0 Å². The summed E-state index contributed by atoms with van der Waals surface area (Å²) in [5, 5.41) is 0. The van der Waals surface area contributed by atoms with E-state index in [-0.39, 0.29) is 0 Å². The molecule has 0 spiro atoms. The molecule has 0 amide bonds. The quantitative estimate of drug-likeness (QED) is 0.437. The van der Waals surface area contributed by atoms with Crippen LogP contribution in [-0.2, 0) is 7.05 Å². The number of rotatable bonds is 0. The molecule has 1 aromatic rings. The average Bonchev–Trinajstić information content (AvgIpc) is 1.97. The van der Waals surface area contributed by atoms with Crippen molar-refractivity contribution in [1.82, 2.24) is 0 Å². The fraction of sp³-hybridized carbons (Fsp3) is 0.286. The molecule has 64 valence electrons. The van der Waals surface area contributed by atoms with Crippen LogP contribution in [0.1, 0.15) is 5.69 Å². The van der Waals surface area contributed by atoms with Crippen LogP contribution in [0.15, 0.2) is 24.4 Å². The van der Waals surface area contributed by atoms with Gasteiger partial charge in [-0.05, 0) is 0 Å². The van der Waals surface area contributed by atoms with E-state index in [0.29, 0.717) is 0 Å². The third kappa shape index (κ3) is 5.70. The molecular formula is C7H10Cl2IN. The number of halogens is 3. The van der Waals surface area contributed by atoms with Gasteiger partial charge in [0.1, 0.15) is 7.05 Å². The van der Waals surface area contributed by atoms with Crippen molar-refractivity contribution < 1.29 is 23.5 Å². The Hall–Kier alpha value is 0.460. The van der Waals surface area contributed by atoms with Crippen molar-refractivity contribution in [3.63, 3.8) is 0 Å². The zero-order chi connectivity index (χ0) is 8.69. The molecule has 4 heteroatoms. The van der Waals surface area contributed by atoms with E-state index in [4.69, 9.17) is 17.8 Å².